The lowest BCUT2D eigenvalue weighted by Crippen LogP contribution is -2.30. The van der Waals surface area contributed by atoms with Crippen LogP contribution < -0.4 is 5.32 Å². The zero-order valence-corrected chi connectivity index (χ0v) is 10.4. The van der Waals surface area contributed by atoms with Gasteiger partial charge >= 0.3 is 6.09 Å². The molecule has 1 atom stereocenters. The highest BCUT2D eigenvalue weighted by atomic mass is 79.9. The van der Waals surface area contributed by atoms with Gasteiger partial charge in [0, 0.05) is 22.9 Å². The number of nitrogens with zero attached hydrogens (tertiary/aromatic N) is 1. The normalized spacial score (nSPS) is 12.6. The highest BCUT2D eigenvalue weighted by Crippen LogP contribution is 2.11. The number of pyridine rings is 1. The summed E-state index contributed by atoms with van der Waals surface area (Å²) in [5.41, 5.74) is 0.983. The summed E-state index contributed by atoms with van der Waals surface area (Å²) in [5, 5.41) is 10.9. The van der Waals surface area contributed by atoms with Crippen molar-refractivity contribution in [3.05, 3.63) is 34.6 Å². The lowest BCUT2D eigenvalue weighted by Gasteiger charge is -2.07. The minimum Gasteiger partial charge on any atom is -0.465 e. The molecule has 0 radical (unpaired) electrons. The Labute approximate surface area is 103 Å². The zero-order valence-electron chi connectivity index (χ0n) is 8.85. The van der Waals surface area contributed by atoms with Crippen molar-refractivity contribution in [3.63, 3.8) is 0 Å². The van der Waals surface area contributed by atoms with Crippen LogP contribution in [-0.2, 0) is 0 Å². The summed E-state index contributed by atoms with van der Waals surface area (Å²) in [4.78, 5) is 14.4. The second-order valence-corrected chi connectivity index (χ2v) is 4.34. The number of carbonyl (C=O) groups is 1. The summed E-state index contributed by atoms with van der Waals surface area (Å²) in [6, 6.07) is 1.85. The molecule has 1 rings (SSSR count). The van der Waals surface area contributed by atoms with Crippen LogP contribution in [0.2, 0.25) is 0 Å². The fourth-order valence-corrected chi connectivity index (χ4v) is 1.58. The SMILES string of the molecule is CC(C/C=C/c1cncc(Br)c1)NC(=O)O. The van der Waals surface area contributed by atoms with Crippen LogP contribution in [0.1, 0.15) is 18.9 Å². The van der Waals surface area contributed by atoms with E-state index in [0.717, 1.165) is 10.0 Å². The summed E-state index contributed by atoms with van der Waals surface area (Å²) < 4.78 is 0.923. The number of rotatable bonds is 4. The summed E-state index contributed by atoms with van der Waals surface area (Å²) in [6.45, 7) is 1.82. The second kappa shape index (κ2) is 6.27. The number of halogens is 1. The molecule has 0 fully saturated rings. The van der Waals surface area contributed by atoms with E-state index in [1.54, 1.807) is 12.4 Å². The second-order valence-electron chi connectivity index (χ2n) is 3.43. The van der Waals surface area contributed by atoms with Gasteiger partial charge in [0.1, 0.15) is 0 Å². The van der Waals surface area contributed by atoms with Gasteiger partial charge in [0.2, 0.25) is 0 Å². The highest BCUT2D eigenvalue weighted by molar-refractivity contribution is 9.10. The van der Waals surface area contributed by atoms with Crippen molar-refractivity contribution in [2.45, 2.75) is 19.4 Å². The first kappa shape index (κ1) is 12.7. The molecular formula is C11H13BrN2O2. The van der Waals surface area contributed by atoms with Gasteiger partial charge in [-0.1, -0.05) is 12.2 Å². The minimum absolute atomic E-state index is 0.0890. The molecule has 0 aliphatic rings. The van der Waals surface area contributed by atoms with Gasteiger partial charge in [-0.2, -0.15) is 0 Å². The van der Waals surface area contributed by atoms with E-state index in [2.05, 4.69) is 26.2 Å². The number of carboxylic acid groups (broad SMARTS) is 1. The molecule has 0 saturated carbocycles. The van der Waals surface area contributed by atoms with Gasteiger partial charge in [0.05, 0.1) is 0 Å². The van der Waals surface area contributed by atoms with Crippen molar-refractivity contribution in [2.75, 3.05) is 0 Å². The van der Waals surface area contributed by atoms with Crippen LogP contribution in [0.15, 0.2) is 29.0 Å². The Bertz CT molecular complexity index is 393. The average Bonchev–Trinajstić information content (AvgIpc) is 2.16. The number of aromatic nitrogens is 1. The number of nitrogens with one attached hydrogen (secondary N) is 1. The van der Waals surface area contributed by atoms with Crippen molar-refractivity contribution in [1.29, 1.82) is 0 Å². The van der Waals surface area contributed by atoms with E-state index in [9.17, 15) is 4.79 Å². The predicted octanol–water partition coefficient (Wildman–Crippen LogP) is 2.90. The molecule has 1 unspecified atom stereocenters. The van der Waals surface area contributed by atoms with Crippen LogP contribution in [0.5, 0.6) is 0 Å². The van der Waals surface area contributed by atoms with Crippen LogP contribution in [0.25, 0.3) is 6.08 Å². The maximum atomic E-state index is 10.3. The topological polar surface area (TPSA) is 62.2 Å². The van der Waals surface area contributed by atoms with Gasteiger partial charge in [0.25, 0.3) is 0 Å². The Kier molecular flexibility index (Phi) is 4.98. The smallest absolute Gasteiger partial charge is 0.404 e. The van der Waals surface area contributed by atoms with E-state index in [-0.39, 0.29) is 6.04 Å². The van der Waals surface area contributed by atoms with Crippen LogP contribution in [0, 0.1) is 0 Å². The summed E-state index contributed by atoms with van der Waals surface area (Å²) >= 11 is 3.33. The molecule has 2 N–H and O–H groups in total. The first-order valence-electron chi connectivity index (χ1n) is 4.84. The van der Waals surface area contributed by atoms with Gasteiger partial charge in [0.15, 0.2) is 0 Å². The molecule has 1 heterocycles. The first-order valence-corrected chi connectivity index (χ1v) is 5.64. The molecule has 0 bridgehead atoms. The quantitative estimate of drug-likeness (QED) is 0.894. The number of amides is 1. The van der Waals surface area contributed by atoms with Crippen molar-refractivity contribution in [3.8, 4) is 0 Å². The zero-order chi connectivity index (χ0) is 12.0. The van der Waals surface area contributed by atoms with E-state index in [1.165, 1.54) is 0 Å². The van der Waals surface area contributed by atoms with Crippen LogP contribution in [-0.4, -0.2) is 22.2 Å². The molecule has 1 amide bonds. The molecule has 0 aliphatic carbocycles. The Balaban J connectivity index is 2.45. The van der Waals surface area contributed by atoms with Crippen molar-refractivity contribution >= 4 is 28.1 Å². The largest absolute Gasteiger partial charge is 0.465 e. The van der Waals surface area contributed by atoms with E-state index in [1.807, 2.05) is 25.1 Å². The molecule has 0 spiro atoms. The Morgan fingerprint density at radius 1 is 1.69 bits per heavy atom. The van der Waals surface area contributed by atoms with Gasteiger partial charge in [-0.25, -0.2) is 4.79 Å². The molecule has 16 heavy (non-hydrogen) atoms. The van der Waals surface area contributed by atoms with E-state index < -0.39 is 6.09 Å². The monoisotopic (exact) mass is 284 g/mol. The molecule has 4 nitrogen and oxygen atoms in total. The third kappa shape index (κ3) is 4.93. The molecular weight excluding hydrogens is 272 g/mol. The fraction of sp³-hybridized carbons (Fsp3) is 0.273. The standard InChI is InChI=1S/C11H13BrN2O2/c1-8(14-11(15)16)3-2-4-9-5-10(12)7-13-6-9/h2,4-8,14H,3H2,1H3,(H,15,16)/b4-2+. The molecule has 5 heteroatoms. The third-order valence-electron chi connectivity index (χ3n) is 1.90. The molecule has 1 aromatic rings. The Morgan fingerprint density at radius 3 is 3.06 bits per heavy atom. The molecule has 0 aliphatic heterocycles. The first-order chi connectivity index (χ1) is 7.58. The molecule has 0 aromatic carbocycles. The minimum atomic E-state index is -0.995. The third-order valence-corrected chi connectivity index (χ3v) is 2.33. The van der Waals surface area contributed by atoms with Gasteiger partial charge in [-0.15, -0.1) is 0 Å². The highest BCUT2D eigenvalue weighted by Gasteiger charge is 2.01. The van der Waals surface area contributed by atoms with Crippen LogP contribution in [0.3, 0.4) is 0 Å². The van der Waals surface area contributed by atoms with E-state index >= 15 is 0 Å². The Morgan fingerprint density at radius 2 is 2.44 bits per heavy atom. The predicted molar refractivity (Wildman–Crippen MR) is 66.2 cm³/mol. The van der Waals surface area contributed by atoms with Gasteiger partial charge in [-0.3, -0.25) is 4.98 Å². The van der Waals surface area contributed by atoms with Crippen LogP contribution in [0.4, 0.5) is 4.79 Å². The summed E-state index contributed by atoms with van der Waals surface area (Å²) in [5.74, 6) is 0. The molecule has 86 valence electrons. The van der Waals surface area contributed by atoms with E-state index in [4.69, 9.17) is 5.11 Å². The van der Waals surface area contributed by atoms with Crippen LogP contribution >= 0.6 is 15.9 Å². The molecule has 1 aromatic heterocycles. The van der Waals surface area contributed by atoms with Crippen molar-refractivity contribution in [1.82, 2.24) is 10.3 Å². The molecule has 0 saturated heterocycles. The average molecular weight is 285 g/mol. The van der Waals surface area contributed by atoms with Gasteiger partial charge in [-0.05, 0) is 40.9 Å². The van der Waals surface area contributed by atoms with Crippen molar-refractivity contribution < 1.29 is 9.90 Å². The Hall–Kier alpha value is -1.36. The fourth-order valence-electron chi connectivity index (χ4n) is 1.20. The van der Waals surface area contributed by atoms with Crippen molar-refractivity contribution in [2.24, 2.45) is 0 Å². The lowest BCUT2D eigenvalue weighted by atomic mass is 10.2. The summed E-state index contributed by atoms with van der Waals surface area (Å²) in [7, 11) is 0. The maximum Gasteiger partial charge on any atom is 0.404 e. The van der Waals surface area contributed by atoms with E-state index in [0.29, 0.717) is 6.42 Å². The number of hydrogen-bond acceptors (Lipinski definition) is 2. The lowest BCUT2D eigenvalue weighted by molar-refractivity contribution is 0.191. The maximum absolute atomic E-state index is 10.3. The number of hydrogen-bond donors (Lipinski definition) is 2. The summed E-state index contributed by atoms with van der Waals surface area (Å²) in [6.07, 6.45) is 6.95. The van der Waals surface area contributed by atoms with Gasteiger partial charge < -0.3 is 10.4 Å².